The van der Waals surface area contributed by atoms with E-state index in [9.17, 15) is 18.7 Å². The first kappa shape index (κ1) is 23.2. The molecule has 4 rings (SSSR count). The molecule has 0 radical (unpaired) electrons. The van der Waals surface area contributed by atoms with E-state index in [1.54, 1.807) is 42.6 Å². The van der Waals surface area contributed by atoms with Crippen LogP contribution in [0.5, 0.6) is 0 Å². The number of H-pyrrole nitrogens is 1. The second kappa shape index (κ2) is 10.3. The number of hydrogen-bond donors (Lipinski definition) is 4. The average molecular weight is 463 g/mol. The van der Waals surface area contributed by atoms with Crippen LogP contribution >= 0.6 is 0 Å². The first-order valence-electron chi connectivity index (χ1n) is 10.7. The number of halogens is 2. The zero-order valence-electron chi connectivity index (χ0n) is 18.1. The Labute approximate surface area is 194 Å². The minimum atomic E-state index is -1.03. The molecule has 34 heavy (non-hydrogen) atoms. The fraction of sp³-hybridized carbons (Fsp3) is 0.160. The highest BCUT2D eigenvalue weighted by molar-refractivity contribution is 6.01. The van der Waals surface area contributed by atoms with Gasteiger partial charge in [0, 0.05) is 24.9 Å². The standard InChI is InChI=1S/C25H23F2N5O2/c26-16-9-7-15(8-10-16)20-13-22(32-31-20)24-18(5-3-6-19(24)27)25(34)30-21(23(33)14-28)12-17-4-1-2-11-29-17/h1-11,13,21,23,33H,12,14,28H2,(H,30,34)(H,31,32)/t21-,23-/m1/s1. The lowest BCUT2D eigenvalue weighted by Crippen LogP contribution is -2.48. The number of hydrogen-bond acceptors (Lipinski definition) is 5. The number of nitrogens with zero attached hydrogens (tertiary/aromatic N) is 2. The van der Waals surface area contributed by atoms with Gasteiger partial charge < -0.3 is 16.2 Å². The molecular weight excluding hydrogens is 440 g/mol. The smallest absolute Gasteiger partial charge is 0.252 e. The van der Waals surface area contributed by atoms with Crippen LogP contribution in [-0.2, 0) is 6.42 Å². The number of aromatic nitrogens is 3. The third-order valence-electron chi connectivity index (χ3n) is 5.43. The monoisotopic (exact) mass is 463 g/mol. The third-order valence-corrected chi connectivity index (χ3v) is 5.43. The van der Waals surface area contributed by atoms with Crippen LogP contribution in [0.2, 0.25) is 0 Å². The van der Waals surface area contributed by atoms with Crippen molar-refractivity contribution in [1.29, 1.82) is 0 Å². The number of aliphatic hydroxyl groups is 1. The van der Waals surface area contributed by atoms with Gasteiger partial charge in [0.2, 0.25) is 0 Å². The molecule has 0 fully saturated rings. The highest BCUT2D eigenvalue weighted by atomic mass is 19.1. The van der Waals surface area contributed by atoms with Gasteiger partial charge in [-0.3, -0.25) is 14.9 Å². The minimum Gasteiger partial charge on any atom is -0.390 e. The van der Waals surface area contributed by atoms with Crippen LogP contribution in [0.15, 0.2) is 72.9 Å². The van der Waals surface area contributed by atoms with E-state index in [4.69, 9.17) is 5.73 Å². The van der Waals surface area contributed by atoms with Crippen molar-refractivity contribution in [2.24, 2.45) is 5.73 Å². The maximum Gasteiger partial charge on any atom is 0.252 e. The predicted molar refractivity (Wildman–Crippen MR) is 124 cm³/mol. The van der Waals surface area contributed by atoms with Crippen molar-refractivity contribution in [3.8, 4) is 22.5 Å². The summed E-state index contributed by atoms with van der Waals surface area (Å²) in [6.07, 6.45) is 0.829. The number of benzene rings is 2. The number of aliphatic hydroxyl groups excluding tert-OH is 1. The van der Waals surface area contributed by atoms with Crippen molar-refractivity contribution in [3.63, 3.8) is 0 Å². The van der Waals surface area contributed by atoms with Crippen molar-refractivity contribution in [2.75, 3.05) is 6.54 Å². The molecule has 4 aromatic rings. The van der Waals surface area contributed by atoms with Crippen molar-refractivity contribution in [2.45, 2.75) is 18.6 Å². The molecule has 0 unspecified atom stereocenters. The van der Waals surface area contributed by atoms with Crippen LogP contribution in [0, 0.1) is 11.6 Å². The number of pyridine rings is 1. The number of carbonyl (C=O) groups is 1. The summed E-state index contributed by atoms with van der Waals surface area (Å²) in [5.74, 6) is -1.60. The Morgan fingerprint density at radius 3 is 2.59 bits per heavy atom. The average Bonchev–Trinajstić information content (AvgIpc) is 3.33. The van der Waals surface area contributed by atoms with Gasteiger partial charge in [-0.05, 0) is 60.2 Å². The molecule has 2 heterocycles. The number of nitrogens with two attached hydrogens (primary N) is 1. The summed E-state index contributed by atoms with van der Waals surface area (Å²) in [4.78, 5) is 17.4. The molecule has 5 N–H and O–H groups in total. The number of aromatic amines is 1. The predicted octanol–water partition coefficient (Wildman–Crippen LogP) is 3.08. The van der Waals surface area contributed by atoms with Crippen molar-refractivity contribution < 1.29 is 18.7 Å². The van der Waals surface area contributed by atoms with Crippen LogP contribution < -0.4 is 11.1 Å². The van der Waals surface area contributed by atoms with Gasteiger partial charge in [-0.1, -0.05) is 12.1 Å². The maximum absolute atomic E-state index is 14.9. The van der Waals surface area contributed by atoms with Crippen molar-refractivity contribution >= 4 is 5.91 Å². The molecule has 2 aromatic heterocycles. The van der Waals surface area contributed by atoms with E-state index in [0.717, 1.165) is 0 Å². The Balaban J connectivity index is 1.63. The van der Waals surface area contributed by atoms with Gasteiger partial charge in [0.1, 0.15) is 11.6 Å². The maximum atomic E-state index is 14.9. The summed E-state index contributed by atoms with van der Waals surface area (Å²) in [7, 11) is 0. The molecule has 0 bridgehead atoms. The second-order valence-electron chi connectivity index (χ2n) is 7.74. The van der Waals surface area contributed by atoms with Crippen molar-refractivity contribution in [3.05, 3.63) is 95.8 Å². The lowest BCUT2D eigenvalue weighted by Gasteiger charge is -2.23. The minimum absolute atomic E-state index is 0.00318. The molecule has 0 aliphatic heterocycles. The van der Waals surface area contributed by atoms with E-state index in [1.807, 2.05) is 0 Å². The van der Waals surface area contributed by atoms with Gasteiger partial charge in [-0.2, -0.15) is 5.10 Å². The SMILES string of the molecule is NC[C@@H](O)[C@@H](Cc1ccccn1)NC(=O)c1cccc(F)c1-c1cc(-c2ccc(F)cc2)[nH]n1. The Bertz CT molecular complexity index is 1260. The van der Waals surface area contributed by atoms with Crippen LogP contribution in [0.3, 0.4) is 0 Å². The van der Waals surface area contributed by atoms with E-state index in [2.05, 4.69) is 20.5 Å². The quantitative estimate of drug-likeness (QED) is 0.320. The van der Waals surface area contributed by atoms with Gasteiger partial charge in [-0.15, -0.1) is 0 Å². The van der Waals surface area contributed by atoms with E-state index < -0.39 is 23.9 Å². The molecule has 7 nitrogen and oxygen atoms in total. The zero-order chi connectivity index (χ0) is 24.1. The lowest BCUT2D eigenvalue weighted by molar-refractivity contribution is 0.0845. The largest absolute Gasteiger partial charge is 0.390 e. The first-order chi connectivity index (χ1) is 16.5. The van der Waals surface area contributed by atoms with Gasteiger partial charge in [0.15, 0.2) is 0 Å². The van der Waals surface area contributed by atoms with Gasteiger partial charge in [-0.25, -0.2) is 8.78 Å². The van der Waals surface area contributed by atoms with E-state index in [-0.39, 0.29) is 35.6 Å². The number of rotatable bonds is 8. The third kappa shape index (κ3) is 5.16. The summed E-state index contributed by atoms with van der Waals surface area (Å²) >= 11 is 0. The van der Waals surface area contributed by atoms with E-state index >= 15 is 0 Å². The van der Waals surface area contributed by atoms with Gasteiger partial charge in [0.25, 0.3) is 5.91 Å². The fourth-order valence-electron chi connectivity index (χ4n) is 3.64. The fourth-order valence-corrected chi connectivity index (χ4v) is 3.64. The second-order valence-corrected chi connectivity index (χ2v) is 7.74. The van der Waals surface area contributed by atoms with Gasteiger partial charge in [0.05, 0.1) is 34.7 Å². The molecule has 0 saturated carbocycles. The topological polar surface area (TPSA) is 117 Å². The molecule has 1 amide bonds. The van der Waals surface area contributed by atoms with Crippen LogP contribution in [0.25, 0.3) is 22.5 Å². The van der Waals surface area contributed by atoms with Gasteiger partial charge >= 0.3 is 0 Å². The summed E-state index contributed by atoms with van der Waals surface area (Å²) in [6.45, 7) is -0.0752. The summed E-state index contributed by atoms with van der Waals surface area (Å²) in [5, 5.41) is 20.1. The number of carbonyl (C=O) groups excluding carboxylic acids is 1. The highest BCUT2D eigenvalue weighted by Crippen LogP contribution is 2.29. The zero-order valence-corrected chi connectivity index (χ0v) is 18.1. The van der Waals surface area contributed by atoms with E-state index in [1.165, 1.54) is 30.3 Å². The Kier molecular flexibility index (Phi) is 7.05. The Hall–Kier alpha value is -3.95. The summed E-state index contributed by atoms with van der Waals surface area (Å²) < 4.78 is 28.1. The summed E-state index contributed by atoms with van der Waals surface area (Å²) in [6, 6.07) is 16.1. The molecule has 0 aliphatic carbocycles. The molecule has 0 aliphatic rings. The molecule has 2 aromatic carbocycles. The molecule has 2 atom stereocenters. The molecular formula is C25H23F2N5O2. The number of amides is 1. The first-order valence-corrected chi connectivity index (χ1v) is 10.7. The van der Waals surface area contributed by atoms with Crippen LogP contribution in [-0.4, -0.2) is 44.9 Å². The van der Waals surface area contributed by atoms with Crippen LogP contribution in [0.4, 0.5) is 8.78 Å². The van der Waals surface area contributed by atoms with Crippen LogP contribution in [0.1, 0.15) is 16.1 Å². The van der Waals surface area contributed by atoms with E-state index in [0.29, 0.717) is 17.0 Å². The molecule has 0 saturated heterocycles. The lowest BCUT2D eigenvalue weighted by atomic mass is 10.00. The number of nitrogens with one attached hydrogen (secondary N) is 2. The van der Waals surface area contributed by atoms with Crippen molar-refractivity contribution in [1.82, 2.24) is 20.5 Å². The molecule has 0 spiro atoms. The Morgan fingerprint density at radius 1 is 1.09 bits per heavy atom. The highest BCUT2D eigenvalue weighted by Gasteiger charge is 2.25. The molecule has 174 valence electrons. The molecule has 9 heteroatoms. The Morgan fingerprint density at radius 2 is 1.88 bits per heavy atom. The normalized spacial score (nSPS) is 12.8. The summed E-state index contributed by atoms with van der Waals surface area (Å²) in [5.41, 5.74) is 7.75.